The third-order valence-corrected chi connectivity index (χ3v) is 3.37. The van der Waals surface area contributed by atoms with Gasteiger partial charge in [-0.05, 0) is 24.3 Å². The molecule has 0 saturated carbocycles. The van der Waals surface area contributed by atoms with Crippen LogP contribution in [0.25, 0.3) is 0 Å². The Labute approximate surface area is 137 Å². The number of amides is 1. The van der Waals surface area contributed by atoms with Crippen molar-refractivity contribution in [1.29, 1.82) is 0 Å². The van der Waals surface area contributed by atoms with Gasteiger partial charge in [0.25, 0.3) is 5.91 Å². The van der Waals surface area contributed by atoms with Gasteiger partial charge >= 0.3 is 0 Å². The van der Waals surface area contributed by atoms with Crippen LogP contribution in [0, 0.1) is 0 Å². The van der Waals surface area contributed by atoms with E-state index in [1.807, 2.05) is 18.2 Å². The first-order chi connectivity index (χ1) is 11.2. The molecule has 1 amide bonds. The molecule has 2 heterocycles. The Hall–Kier alpha value is -2.86. The Morgan fingerprint density at radius 3 is 2.83 bits per heavy atom. The van der Waals surface area contributed by atoms with E-state index in [0.717, 1.165) is 0 Å². The summed E-state index contributed by atoms with van der Waals surface area (Å²) >= 11 is 6.09. The monoisotopic (exact) mass is 328 g/mol. The summed E-state index contributed by atoms with van der Waals surface area (Å²) in [6.45, 7) is 0.295. The molecule has 2 N–H and O–H groups in total. The van der Waals surface area contributed by atoms with Gasteiger partial charge in [0.1, 0.15) is 23.6 Å². The van der Waals surface area contributed by atoms with Crippen LogP contribution >= 0.6 is 11.6 Å². The molecule has 3 rings (SSSR count). The Bertz CT molecular complexity index is 805. The molecule has 0 aliphatic carbocycles. The van der Waals surface area contributed by atoms with Gasteiger partial charge in [0.2, 0.25) is 0 Å². The molecule has 6 nitrogen and oxygen atoms in total. The van der Waals surface area contributed by atoms with Gasteiger partial charge in [-0.3, -0.25) is 4.79 Å². The lowest BCUT2D eigenvalue weighted by atomic mass is 10.3. The fraction of sp³-hybridized carbons (Fsp3) is 0.0625. The van der Waals surface area contributed by atoms with Crippen LogP contribution in [-0.2, 0) is 6.54 Å². The van der Waals surface area contributed by atoms with Gasteiger partial charge in [-0.15, -0.1) is 0 Å². The standard InChI is InChI=1S/C16H13ClN4O2/c17-12-5-1-2-6-13(12)21-15-8-14(19-10-20-15)16(22)18-9-11-4-3-7-23-11/h1-8,10H,9H2,(H,18,22)(H,19,20,21). The molecule has 0 saturated heterocycles. The van der Waals surface area contributed by atoms with Gasteiger partial charge in [-0.1, -0.05) is 23.7 Å². The van der Waals surface area contributed by atoms with Gasteiger partial charge in [0, 0.05) is 6.07 Å². The van der Waals surface area contributed by atoms with Crippen molar-refractivity contribution >= 4 is 29.0 Å². The molecule has 1 aromatic carbocycles. The highest BCUT2D eigenvalue weighted by molar-refractivity contribution is 6.33. The highest BCUT2D eigenvalue weighted by Crippen LogP contribution is 2.23. The summed E-state index contributed by atoms with van der Waals surface area (Å²) in [5, 5.41) is 6.35. The minimum absolute atomic E-state index is 0.251. The molecule has 23 heavy (non-hydrogen) atoms. The van der Waals surface area contributed by atoms with Crippen LogP contribution in [-0.4, -0.2) is 15.9 Å². The molecule has 0 spiro atoms. The summed E-state index contributed by atoms with van der Waals surface area (Å²) in [7, 11) is 0. The van der Waals surface area contributed by atoms with E-state index < -0.39 is 0 Å². The van der Waals surface area contributed by atoms with E-state index in [2.05, 4.69) is 20.6 Å². The second-order valence-corrected chi connectivity index (χ2v) is 5.06. The molecule has 116 valence electrons. The predicted octanol–water partition coefficient (Wildman–Crippen LogP) is 3.40. The van der Waals surface area contributed by atoms with Crippen molar-refractivity contribution in [2.75, 3.05) is 5.32 Å². The maximum absolute atomic E-state index is 12.1. The molecule has 0 fully saturated rings. The summed E-state index contributed by atoms with van der Waals surface area (Å²) in [6, 6.07) is 12.4. The first-order valence-corrected chi connectivity index (χ1v) is 7.24. The van der Waals surface area contributed by atoms with Crippen LogP contribution in [0.4, 0.5) is 11.5 Å². The number of rotatable bonds is 5. The van der Waals surface area contributed by atoms with E-state index in [4.69, 9.17) is 16.0 Å². The number of aromatic nitrogens is 2. The number of furan rings is 1. The normalized spacial score (nSPS) is 10.3. The average molecular weight is 329 g/mol. The SMILES string of the molecule is O=C(NCc1ccco1)c1cc(Nc2ccccc2Cl)ncn1. The average Bonchev–Trinajstić information content (AvgIpc) is 3.08. The van der Waals surface area contributed by atoms with Gasteiger partial charge in [0.05, 0.1) is 23.5 Å². The second kappa shape index (κ2) is 6.93. The minimum atomic E-state index is -0.314. The molecule has 2 aromatic heterocycles. The third-order valence-electron chi connectivity index (χ3n) is 3.04. The van der Waals surface area contributed by atoms with Gasteiger partial charge in [-0.25, -0.2) is 9.97 Å². The van der Waals surface area contributed by atoms with Crippen molar-refractivity contribution < 1.29 is 9.21 Å². The highest BCUT2D eigenvalue weighted by Gasteiger charge is 2.10. The Morgan fingerprint density at radius 2 is 2.04 bits per heavy atom. The zero-order valence-electron chi connectivity index (χ0n) is 12.0. The fourth-order valence-electron chi connectivity index (χ4n) is 1.92. The number of carbonyl (C=O) groups is 1. The molecule has 0 unspecified atom stereocenters. The highest BCUT2D eigenvalue weighted by atomic mass is 35.5. The van der Waals surface area contributed by atoms with Crippen LogP contribution in [0.5, 0.6) is 0 Å². The van der Waals surface area contributed by atoms with Crippen LogP contribution in [0.15, 0.2) is 59.5 Å². The van der Waals surface area contributed by atoms with Crippen LogP contribution in [0.3, 0.4) is 0 Å². The predicted molar refractivity (Wildman–Crippen MR) is 86.6 cm³/mol. The third kappa shape index (κ3) is 3.87. The van der Waals surface area contributed by atoms with Crippen molar-refractivity contribution in [1.82, 2.24) is 15.3 Å². The summed E-state index contributed by atoms with van der Waals surface area (Å²) < 4.78 is 5.16. The van der Waals surface area contributed by atoms with E-state index >= 15 is 0 Å². The maximum atomic E-state index is 12.1. The topological polar surface area (TPSA) is 80.0 Å². The summed E-state index contributed by atoms with van der Waals surface area (Å²) in [5.41, 5.74) is 0.955. The lowest BCUT2D eigenvalue weighted by molar-refractivity contribution is 0.0943. The van der Waals surface area contributed by atoms with Crippen LogP contribution in [0.2, 0.25) is 5.02 Å². The molecule has 0 atom stereocenters. The van der Waals surface area contributed by atoms with Gasteiger partial charge in [-0.2, -0.15) is 0 Å². The largest absolute Gasteiger partial charge is 0.467 e. The molecule has 7 heteroatoms. The second-order valence-electron chi connectivity index (χ2n) is 4.66. The maximum Gasteiger partial charge on any atom is 0.270 e. The number of nitrogens with zero attached hydrogens (tertiary/aromatic N) is 2. The van der Waals surface area contributed by atoms with E-state index in [1.54, 1.807) is 30.5 Å². The zero-order chi connectivity index (χ0) is 16.1. The molecule has 0 aliphatic heterocycles. The summed E-state index contributed by atoms with van der Waals surface area (Å²) in [6.07, 6.45) is 2.87. The number of hydrogen-bond donors (Lipinski definition) is 2. The number of nitrogens with one attached hydrogen (secondary N) is 2. The molecule has 0 radical (unpaired) electrons. The lowest BCUT2D eigenvalue weighted by Crippen LogP contribution is -2.23. The van der Waals surface area contributed by atoms with Gasteiger partial charge in [0.15, 0.2) is 0 Å². The Balaban J connectivity index is 1.69. The molecule has 0 bridgehead atoms. The Morgan fingerprint density at radius 1 is 1.17 bits per heavy atom. The Kier molecular flexibility index (Phi) is 4.54. The van der Waals surface area contributed by atoms with Crippen molar-refractivity contribution in [2.24, 2.45) is 0 Å². The van der Waals surface area contributed by atoms with Crippen molar-refractivity contribution in [2.45, 2.75) is 6.54 Å². The number of hydrogen-bond acceptors (Lipinski definition) is 5. The first kappa shape index (κ1) is 15.1. The quantitative estimate of drug-likeness (QED) is 0.750. The zero-order valence-corrected chi connectivity index (χ0v) is 12.7. The van der Waals surface area contributed by atoms with Crippen molar-refractivity contribution in [3.63, 3.8) is 0 Å². The van der Waals surface area contributed by atoms with Gasteiger partial charge < -0.3 is 15.1 Å². The van der Waals surface area contributed by atoms with Crippen LogP contribution in [0.1, 0.15) is 16.2 Å². The number of para-hydroxylation sites is 1. The van der Waals surface area contributed by atoms with E-state index in [-0.39, 0.29) is 11.6 Å². The molecule has 3 aromatic rings. The minimum Gasteiger partial charge on any atom is -0.467 e. The number of carbonyl (C=O) groups excluding carboxylic acids is 1. The van der Waals surface area contributed by atoms with Crippen molar-refractivity contribution in [3.05, 3.63) is 71.5 Å². The van der Waals surface area contributed by atoms with Crippen LogP contribution < -0.4 is 10.6 Å². The van der Waals surface area contributed by atoms with E-state index in [0.29, 0.717) is 28.8 Å². The summed E-state index contributed by atoms with van der Waals surface area (Å²) in [4.78, 5) is 20.2. The molecular formula is C16H13ClN4O2. The smallest absolute Gasteiger partial charge is 0.270 e. The number of benzene rings is 1. The first-order valence-electron chi connectivity index (χ1n) is 6.86. The molecular weight excluding hydrogens is 316 g/mol. The van der Waals surface area contributed by atoms with E-state index in [9.17, 15) is 4.79 Å². The summed E-state index contributed by atoms with van der Waals surface area (Å²) in [5.74, 6) is 0.837. The molecule has 0 aliphatic rings. The van der Waals surface area contributed by atoms with Crippen molar-refractivity contribution in [3.8, 4) is 0 Å². The fourth-order valence-corrected chi connectivity index (χ4v) is 2.10. The lowest BCUT2D eigenvalue weighted by Gasteiger charge is -2.08. The number of anilines is 2. The number of halogens is 1. The van der Waals surface area contributed by atoms with E-state index in [1.165, 1.54) is 6.33 Å².